The fraction of sp³-hybridized carbons (Fsp3) is 0.462. The molecule has 0 bridgehead atoms. The van der Waals surface area contributed by atoms with Gasteiger partial charge in [0, 0.05) is 6.42 Å². The summed E-state index contributed by atoms with van der Waals surface area (Å²) in [5.41, 5.74) is 0.527. The summed E-state index contributed by atoms with van der Waals surface area (Å²) in [5.74, 6) is 0.972. The van der Waals surface area contributed by atoms with E-state index in [0.717, 1.165) is 18.6 Å². The van der Waals surface area contributed by atoms with Crippen LogP contribution in [0, 0.1) is 5.82 Å². The molecule has 1 aromatic carbocycles. The van der Waals surface area contributed by atoms with Gasteiger partial charge in [0.05, 0.1) is 5.25 Å². The molecule has 1 atom stereocenters. The molecular weight excluding hydrogens is 223 g/mol. The maximum atomic E-state index is 13.4. The molecule has 0 N–H and O–H groups in total. The second-order valence-corrected chi connectivity index (χ2v) is 5.40. The molecule has 1 unspecified atom stereocenters. The molecule has 1 aromatic rings. The highest BCUT2D eigenvalue weighted by Gasteiger charge is 2.22. The van der Waals surface area contributed by atoms with Crippen LogP contribution in [-0.4, -0.2) is 16.8 Å². The summed E-state index contributed by atoms with van der Waals surface area (Å²) in [6.07, 6.45) is 3.52. The van der Waals surface area contributed by atoms with Crippen molar-refractivity contribution < 1.29 is 9.18 Å². The van der Waals surface area contributed by atoms with Crippen molar-refractivity contribution in [1.82, 2.24) is 0 Å². The van der Waals surface area contributed by atoms with Crippen LogP contribution in [0.2, 0.25) is 0 Å². The third kappa shape index (κ3) is 2.85. The van der Waals surface area contributed by atoms with Gasteiger partial charge in [-0.3, -0.25) is 4.79 Å². The molecule has 0 amide bonds. The molecule has 1 aliphatic heterocycles. The molecular formula is C13H15FOS. The summed E-state index contributed by atoms with van der Waals surface area (Å²) in [4.78, 5) is 11.9. The van der Waals surface area contributed by atoms with E-state index in [9.17, 15) is 9.18 Å². The van der Waals surface area contributed by atoms with Crippen LogP contribution in [-0.2, 0) is 11.2 Å². The number of hydrogen-bond acceptors (Lipinski definition) is 2. The highest BCUT2D eigenvalue weighted by molar-refractivity contribution is 8.00. The zero-order chi connectivity index (χ0) is 11.4. The molecule has 1 heterocycles. The Bertz CT molecular complexity index is 372. The zero-order valence-electron chi connectivity index (χ0n) is 9.12. The van der Waals surface area contributed by atoms with Gasteiger partial charge in [-0.25, -0.2) is 4.39 Å². The molecule has 86 valence electrons. The summed E-state index contributed by atoms with van der Waals surface area (Å²) in [6.45, 7) is 0. The van der Waals surface area contributed by atoms with Crippen molar-refractivity contribution in [2.24, 2.45) is 0 Å². The number of carbonyl (C=O) groups excluding carboxylic acids is 1. The molecule has 0 saturated carbocycles. The monoisotopic (exact) mass is 238 g/mol. The number of ketones is 1. The molecule has 0 aliphatic carbocycles. The van der Waals surface area contributed by atoms with E-state index in [2.05, 4.69) is 0 Å². The molecule has 1 fully saturated rings. The first-order valence-electron chi connectivity index (χ1n) is 5.65. The zero-order valence-corrected chi connectivity index (χ0v) is 9.93. The molecule has 2 rings (SSSR count). The second kappa shape index (κ2) is 5.48. The maximum Gasteiger partial charge on any atom is 0.150 e. The Kier molecular flexibility index (Phi) is 3.99. The molecule has 0 aromatic heterocycles. The number of hydrogen-bond donors (Lipinski definition) is 0. The highest BCUT2D eigenvalue weighted by atomic mass is 32.2. The lowest BCUT2D eigenvalue weighted by Crippen LogP contribution is -2.22. The Morgan fingerprint density at radius 1 is 1.38 bits per heavy atom. The first-order chi connectivity index (χ1) is 7.77. The van der Waals surface area contributed by atoms with E-state index in [0.29, 0.717) is 5.56 Å². The van der Waals surface area contributed by atoms with Crippen LogP contribution in [0.4, 0.5) is 4.39 Å². The molecule has 1 aliphatic rings. The number of rotatable bonds is 3. The van der Waals surface area contributed by atoms with Gasteiger partial charge < -0.3 is 0 Å². The lowest BCUT2D eigenvalue weighted by molar-refractivity contribution is -0.118. The third-order valence-corrected chi connectivity index (χ3v) is 4.29. The quantitative estimate of drug-likeness (QED) is 0.804. The molecule has 0 radical (unpaired) electrons. The van der Waals surface area contributed by atoms with E-state index in [-0.39, 0.29) is 23.3 Å². The van der Waals surface area contributed by atoms with Crippen LogP contribution in [0.1, 0.15) is 24.8 Å². The Morgan fingerprint density at radius 2 is 2.19 bits per heavy atom. The average Bonchev–Trinajstić information content (AvgIpc) is 2.33. The van der Waals surface area contributed by atoms with Gasteiger partial charge in [-0.05, 0) is 30.2 Å². The summed E-state index contributed by atoms with van der Waals surface area (Å²) in [5, 5.41) is 0.0911. The van der Waals surface area contributed by atoms with Crippen molar-refractivity contribution >= 4 is 17.5 Å². The molecule has 1 saturated heterocycles. The minimum Gasteiger partial charge on any atom is -0.298 e. The second-order valence-electron chi connectivity index (χ2n) is 4.09. The van der Waals surface area contributed by atoms with E-state index in [4.69, 9.17) is 0 Å². The van der Waals surface area contributed by atoms with Crippen LogP contribution >= 0.6 is 11.8 Å². The fourth-order valence-corrected chi connectivity index (χ4v) is 3.20. The van der Waals surface area contributed by atoms with Gasteiger partial charge in [0.2, 0.25) is 0 Å². The first-order valence-corrected chi connectivity index (χ1v) is 6.70. The van der Waals surface area contributed by atoms with E-state index in [1.165, 1.54) is 12.5 Å². The minimum absolute atomic E-state index is 0.0911. The fourth-order valence-electron chi connectivity index (χ4n) is 1.94. The van der Waals surface area contributed by atoms with Gasteiger partial charge in [0.15, 0.2) is 0 Å². The number of halogens is 1. The summed E-state index contributed by atoms with van der Waals surface area (Å²) < 4.78 is 13.4. The van der Waals surface area contributed by atoms with Crippen LogP contribution in [0.5, 0.6) is 0 Å². The average molecular weight is 238 g/mol. The normalized spacial score (nSPS) is 20.7. The smallest absolute Gasteiger partial charge is 0.150 e. The van der Waals surface area contributed by atoms with E-state index >= 15 is 0 Å². The number of Topliss-reactive ketones (excluding diaryl/α,β-unsaturated/α-hetero) is 1. The summed E-state index contributed by atoms with van der Waals surface area (Å²) >= 11 is 1.72. The standard InChI is InChI=1S/C13H15FOS/c14-11-6-2-1-5-10(11)9-12(15)13-7-3-4-8-16-13/h1-2,5-6,13H,3-4,7-9H2. The van der Waals surface area contributed by atoms with Crippen molar-refractivity contribution in [2.75, 3.05) is 5.75 Å². The van der Waals surface area contributed by atoms with Gasteiger partial charge in [-0.1, -0.05) is 24.6 Å². The predicted molar refractivity (Wildman–Crippen MR) is 65.2 cm³/mol. The third-order valence-electron chi connectivity index (χ3n) is 2.86. The highest BCUT2D eigenvalue weighted by Crippen LogP contribution is 2.26. The largest absolute Gasteiger partial charge is 0.298 e. The van der Waals surface area contributed by atoms with Crippen LogP contribution < -0.4 is 0 Å². The van der Waals surface area contributed by atoms with Crippen LogP contribution in [0.25, 0.3) is 0 Å². The van der Waals surface area contributed by atoms with E-state index in [1.54, 1.807) is 30.0 Å². The van der Waals surface area contributed by atoms with Crippen LogP contribution in [0.15, 0.2) is 24.3 Å². The lowest BCUT2D eigenvalue weighted by Gasteiger charge is -2.19. The van der Waals surface area contributed by atoms with Gasteiger partial charge in [-0.2, -0.15) is 11.8 Å². The van der Waals surface area contributed by atoms with Crippen molar-refractivity contribution in [2.45, 2.75) is 30.9 Å². The maximum absolute atomic E-state index is 13.4. The van der Waals surface area contributed by atoms with Gasteiger partial charge in [0.1, 0.15) is 11.6 Å². The number of benzene rings is 1. The van der Waals surface area contributed by atoms with E-state index < -0.39 is 0 Å². The minimum atomic E-state index is -0.267. The Balaban J connectivity index is 1.99. The van der Waals surface area contributed by atoms with Gasteiger partial charge >= 0.3 is 0 Å². The molecule has 0 spiro atoms. The topological polar surface area (TPSA) is 17.1 Å². The van der Waals surface area contributed by atoms with Crippen molar-refractivity contribution in [3.8, 4) is 0 Å². The Hall–Kier alpha value is -0.830. The van der Waals surface area contributed by atoms with E-state index in [1.807, 2.05) is 0 Å². The predicted octanol–water partition coefficient (Wildman–Crippen LogP) is 3.22. The molecule has 3 heteroatoms. The van der Waals surface area contributed by atoms with Crippen LogP contribution in [0.3, 0.4) is 0 Å². The molecule has 1 nitrogen and oxygen atoms in total. The number of carbonyl (C=O) groups is 1. The summed E-state index contributed by atoms with van der Waals surface area (Å²) in [6, 6.07) is 6.54. The van der Waals surface area contributed by atoms with Crippen molar-refractivity contribution in [1.29, 1.82) is 0 Å². The Labute approximate surface area is 99.4 Å². The Morgan fingerprint density at radius 3 is 2.88 bits per heavy atom. The van der Waals surface area contributed by atoms with Gasteiger partial charge in [-0.15, -0.1) is 0 Å². The van der Waals surface area contributed by atoms with Gasteiger partial charge in [0.25, 0.3) is 0 Å². The van der Waals surface area contributed by atoms with Crippen molar-refractivity contribution in [3.63, 3.8) is 0 Å². The summed E-state index contributed by atoms with van der Waals surface area (Å²) in [7, 11) is 0. The first kappa shape index (κ1) is 11.6. The number of thioether (sulfide) groups is 1. The SMILES string of the molecule is O=C(Cc1ccccc1F)C1CCCCS1. The molecule has 16 heavy (non-hydrogen) atoms. The lowest BCUT2D eigenvalue weighted by atomic mass is 10.0. The van der Waals surface area contributed by atoms with Crippen molar-refractivity contribution in [3.05, 3.63) is 35.6 Å².